The molecular formula is C56H52ClO5P2Rh-. The summed E-state index contributed by atoms with van der Waals surface area (Å²) in [6.45, 7) is 2.00. The normalized spacial score (nSPS) is 14.3. The Labute approximate surface area is 401 Å². The van der Waals surface area contributed by atoms with Gasteiger partial charge in [0.25, 0.3) is 0 Å². The van der Waals surface area contributed by atoms with Crippen LogP contribution in [0.25, 0.3) is 32.7 Å². The van der Waals surface area contributed by atoms with Crippen LogP contribution in [-0.2, 0) is 24.2 Å². The monoisotopic (exact) mass is 1000 g/mol. The number of allylic oxidation sites excluding steroid dienone is 4. The van der Waals surface area contributed by atoms with E-state index in [2.05, 4.69) is 218 Å². The molecule has 1 radical (unpaired) electrons. The topological polar surface area (TPSA) is 101 Å². The molecule has 0 N–H and O–H groups in total. The summed E-state index contributed by atoms with van der Waals surface area (Å²) >= 11 is 0. The molecule has 333 valence electrons. The molecule has 1 fully saturated rings. The number of ether oxygens (including phenoxy) is 1. The average Bonchev–Trinajstić information content (AvgIpc) is 3.91. The van der Waals surface area contributed by atoms with E-state index in [1.807, 2.05) is 0 Å². The van der Waals surface area contributed by atoms with Gasteiger partial charge in [0, 0.05) is 32.7 Å². The Bertz CT molecular complexity index is 2430. The third-order valence-corrected chi connectivity index (χ3v) is 15.7. The standard InChI is InChI=1S/C44H32P2.C8H12.C4H8O.ClHO4.Rh/c1-5-19-35(20-6-1)45(36-21-7-2-8-22-36)41-31-29-33-17-13-15-27-39(33)43(41)44-40-28-16-14-18-34(40)30-32-42(44)46(37-23-9-3-10-24-37)38-25-11-4-12-26-38;1-2-4-6-8-7-5-3-1;1-2-4-5-3-1;2-1(3,4)5;/h1-32H;1-2,7-8H,3-6H2;1-4H2;(H,2,3,4,5);/p-1/b;2-1-,8-7-;;;. The second-order valence-corrected chi connectivity index (χ2v) is 20.3. The van der Waals surface area contributed by atoms with Crippen molar-refractivity contribution in [3.63, 3.8) is 0 Å². The first-order valence-corrected chi connectivity index (χ1v) is 25.6. The van der Waals surface area contributed by atoms with Gasteiger partial charge in [-0.25, -0.2) is 18.6 Å². The summed E-state index contributed by atoms with van der Waals surface area (Å²) < 4.78 is 38.9. The zero-order chi connectivity index (χ0) is 44.4. The first kappa shape index (κ1) is 49.8. The molecule has 5 nitrogen and oxygen atoms in total. The van der Waals surface area contributed by atoms with Crippen LogP contribution in [0, 0.1) is 10.2 Å². The third-order valence-electron chi connectivity index (χ3n) is 10.8. The molecule has 0 spiro atoms. The van der Waals surface area contributed by atoms with Crippen LogP contribution in [0.1, 0.15) is 38.5 Å². The van der Waals surface area contributed by atoms with Crippen LogP contribution < -0.4 is 50.5 Å². The number of halogens is 1. The Kier molecular flexibility index (Phi) is 19.8. The van der Waals surface area contributed by atoms with Gasteiger partial charge < -0.3 is 4.74 Å². The van der Waals surface area contributed by atoms with E-state index >= 15 is 0 Å². The Hall–Kier alpha value is -4.67. The van der Waals surface area contributed by atoms with Crippen LogP contribution in [-0.4, -0.2) is 13.2 Å². The van der Waals surface area contributed by atoms with Crippen LogP contribution in [0.4, 0.5) is 0 Å². The molecule has 8 aromatic carbocycles. The van der Waals surface area contributed by atoms with Gasteiger partial charge in [-0.2, -0.15) is 0 Å². The van der Waals surface area contributed by atoms with Crippen molar-refractivity contribution < 1.29 is 53.1 Å². The van der Waals surface area contributed by atoms with Crippen LogP contribution >= 0.6 is 15.8 Å². The van der Waals surface area contributed by atoms with E-state index in [1.54, 1.807) is 0 Å². The van der Waals surface area contributed by atoms with Crippen molar-refractivity contribution in [2.75, 3.05) is 13.2 Å². The summed E-state index contributed by atoms with van der Waals surface area (Å²) in [6, 6.07) is 71.8. The number of fused-ring (bicyclic) bond motifs is 2. The quantitative estimate of drug-likeness (QED) is 0.0920. The SMILES string of the molecule is C1=C\CC/C=C\CC/1.C1CCOC1.[O-][Cl+3]([O-])([O-])[O-].[Rh].c1ccc(P(c2ccccc2)c2ccc3ccccc3c2-c2c(P(c3ccccc3)c3ccccc3)ccc3ccccc23)cc1. The Morgan fingerprint density at radius 3 is 0.908 bits per heavy atom. The van der Waals surface area contributed by atoms with Crippen LogP contribution in [0.15, 0.2) is 218 Å². The van der Waals surface area contributed by atoms with E-state index in [1.165, 1.54) is 103 Å². The van der Waals surface area contributed by atoms with E-state index in [0.717, 1.165) is 13.2 Å². The first-order valence-electron chi connectivity index (χ1n) is 21.7. The molecular weight excluding hydrogens is 953 g/mol. The molecule has 10 rings (SSSR count). The van der Waals surface area contributed by atoms with E-state index in [4.69, 9.17) is 23.4 Å². The van der Waals surface area contributed by atoms with Gasteiger partial charge in [0.15, 0.2) is 0 Å². The van der Waals surface area contributed by atoms with Gasteiger partial charge in [-0.1, -0.05) is 218 Å². The zero-order valence-electron chi connectivity index (χ0n) is 36.1. The molecule has 0 atom stereocenters. The number of hydrogen-bond acceptors (Lipinski definition) is 5. The smallest absolute Gasteiger partial charge is 0.0466 e. The minimum absolute atomic E-state index is 0. The first-order chi connectivity index (χ1) is 31.4. The Morgan fingerprint density at radius 2 is 0.631 bits per heavy atom. The largest absolute Gasteiger partial charge is 0.381 e. The van der Waals surface area contributed by atoms with Crippen LogP contribution in [0.3, 0.4) is 0 Å². The molecule has 1 heterocycles. The Balaban J connectivity index is 0.000000308. The van der Waals surface area contributed by atoms with Gasteiger partial charge in [0.2, 0.25) is 0 Å². The Morgan fingerprint density at radius 1 is 0.354 bits per heavy atom. The minimum atomic E-state index is -4.94. The van der Waals surface area contributed by atoms with Gasteiger partial charge in [-0.15, -0.1) is 10.2 Å². The molecule has 65 heavy (non-hydrogen) atoms. The fourth-order valence-corrected chi connectivity index (χ4v) is 12.9. The molecule has 0 unspecified atom stereocenters. The minimum Gasteiger partial charge on any atom is -0.381 e. The van der Waals surface area contributed by atoms with Gasteiger partial charge in [0.1, 0.15) is 0 Å². The summed E-state index contributed by atoms with van der Waals surface area (Å²) in [5.41, 5.74) is 2.70. The van der Waals surface area contributed by atoms with Crippen molar-refractivity contribution in [2.45, 2.75) is 38.5 Å². The number of hydrogen-bond donors (Lipinski definition) is 0. The molecule has 0 aromatic heterocycles. The summed E-state index contributed by atoms with van der Waals surface area (Å²) in [5, 5.41) is 13.3. The van der Waals surface area contributed by atoms with Gasteiger partial charge in [-0.05, 0) is 119 Å². The summed E-state index contributed by atoms with van der Waals surface area (Å²) in [6.07, 6.45) is 16.6. The van der Waals surface area contributed by atoms with Gasteiger partial charge >= 0.3 is 0 Å². The van der Waals surface area contributed by atoms with Crippen molar-refractivity contribution in [2.24, 2.45) is 0 Å². The maximum atomic E-state index is 8.49. The maximum Gasteiger partial charge on any atom is 0.0466 e. The summed E-state index contributed by atoms with van der Waals surface area (Å²) in [4.78, 5) is 0. The fraction of sp³-hybridized carbons (Fsp3) is 0.143. The molecule has 9 heteroatoms. The van der Waals surface area contributed by atoms with E-state index in [0.29, 0.717) is 0 Å². The fourth-order valence-electron chi connectivity index (χ4n) is 7.95. The number of rotatable bonds is 7. The molecule has 0 bridgehead atoms. The molecule has 2 aliphatic rings. The van der Waals surface area contributed by atoms with Crippen LogP contribution in [0.2, 0.25) is 0 Å². The molecule has 8 aromatic rings. The van der Waals surface area contributed by atoms with Crippen molar-refractivity contribution in [1.82, 2.24) is 0 Å². The van der Waals surface area contributed by atoms with Gasteiger partial charge in [0.05, 0.1) is 0 Å². The predicted molar refractivity (Wildman–Crippen MR) is 261 cm³/mol. The van der Waals surface area contributed by atoms with Crippen LogP contribution in [0.5, 0.6) is 0 Å². The van der Waals surface area contributed by atoms with Crippen molar-refractivity contribution >= 4 is 69.2 Å². The number of benzene rings is 8. The molecule has 1 saturated heterocycles. The van der Waals surface area contributed by atoms with E-state index in [-0.39, 0.29) is 19.5 Å². The zero-order valence-corrected chi connectivity index (χ0v) is 40.3. The maximum absolute atomic E-state index is 8.49. The second kappa shape index (κ2) is 25.9. The second-order valence-electron chi connectivity index (χ2n) is 15.2. The van der Waals surface area contributed by atoms with Crippen molar-refractivity contribution in [1.29, 1.82) is 0 Å². The van der Waals surface area contributed by atoms with E-state index in [9.17, 15) is 0 Å². The molecule has 1 aliphatic carbocycles. The van der Waals surface area contributed by atoms with Crippen molar-refractivity contribution in [3.8, 4) is 11.1 Å². The molecule has 0 amide bonds. The summed E-state index contributed by atoms with van der Waals surface area (Å²) in [5.74, 6) is 0. The van der Waals surface area contributed by atoms with Crippen molar-refractivity contribution in [3.05, 3.63) is 218 Å². The average molecular weight is 1010 g/mol. The van der Waals surface area contributed by atoms with Gasteiger partial charge in [-0.3, -0.25) is 0 Å². The third kappa shape index (κ3) is 14.4. The van der Waals surface area contributed by atoms with E-state index < -0.39 is 26.1 Å². The molecule has 1 aliphatic heterocycles. The summed E-state index contributed by atoms with van der Waals surface area (Å²) in [7, 11) is -6.65. The predicted octanol–water partition coefficient (Wildman–Crippen LogP) is 7.89. The molecule has 0 saturated carbocycles.